The first-order chi connectivity index (χ1) is 9.93. The highest BCUT2D eigenvalue weighted by molar-refractivity contribution is 5.55. The predicted octanol–water partition coefficient (Wildman–Crippen LogP) is 6.17. The lowest BCUT2D eigenvalue weighted by Crippen LogP contribution is -1.94. The quantitative estimate of drug-likeness (QED) is 0.573. The van der Waals surface area contributed by atoms with Gasteiger partial charge in [0.1, 0.15) is 0 Å². The summed E-state index contributed by atoms with van der Waals surface area (Å²) in [5, 5.41) is 0. The van der Waals surface area contributed by atoms with E-state index in [1.807, 2.05) is 0 Å². The van der Waals surface area contributed by atoms with Crippen LogP contribution < -0.4 is 0 Å². The molecular formula is C20H26. The van der Waals surface area contributed by atoms with E-state index in [-0.39, 0.29) is 0 Å². The second-order valence-electron chi connectivity index (χ2n) is 6.86. The molecule has 0 radical (unpaired) electrons. The summed E-state index contributed by atoms with van der Waals surface area (Å²) in [6.45, 7) is 0. The summed E-state index contributed by atoms with van der Waals surface area (Å²) in [6, 6.07) is 0. The van der Waals surface area contributed by atoms with E-state index in [9.17, 15) is 0 Å². The molecule has 106 valence electrons. The minimum absolute atomic E-state index is 1.32. The second kappa shape index (κ2) is 5.39. The Morgan fingerprint density at radius 1 is 0.450 bits per heavy atom. The Hall–Kier alpha value is -1.04. The molecule has 0 bridgehead atoms. The summed E-state index contributed by atoms with van der Waals surface area (Å²) >= 11 is 0. The Kier molecular flexibility index (Phi) is 3.42. The first kappa shape index (κ1) is 12.7. The van der Waals surface area contributed by atoms with Gasteiger partial charge in [0, 0.05) is 0 Å². The Bertz CT molecular complexity index is 486. The zero-order valence-corrected chi connectivity index (χ0v) is 12.6. The molecule has 0 aromatic carbocycles. The maximum absolute atomic E-state index is 2.53. The van der Waals surface area contributed by atoms with Crippen molar-refractivity contribution in [3.8, 4) is 0 Å². The van der Waals surface area contributed by atoms with Crippen LogP contribution in [0.2, 0.25) is 0 Å². The summed E-state index contributed by atoms with van der Waals surface area (Å²) in [5.41, 5.74) is 10.6. The molecule has 0 saturated heterocycles. The number of hydrogen-bond donors (Lipinski definition) is 0. The molecule has 0 aromatic heterocycles. The van der Waals surface area contributed by atoms with Crippen molar-refractivity contribution in [1.29, 1.82) is 0 Å². The normalized spacial score (nSPS) is 26.8. The van der Waals surface area contributed by atoms with Crippen LogP contribution in [0, 0.1) is 0 Å². The van der Waals surface area contributed by atoms with Gasteiger partial charge in [-0.2, -0.15) is 0 Å². The van der Waals surface area contributed by atoms with Crippen LogP contribution in [0.5, 0.6) is 0 Å². The Morgan fingerprint density at radius 2 is 0.900 bits per heavy atom. The summed E-state index contributed by atoms with van der Waals surface area (Å²) < 4.78 is 0. The zero-order chi connectivity index (χ0) is 13.4. The molecule has 0 aromatic rings. The van der Waals surface area contributed by atoms with E-state index in [1.165, 1.54) is 77.0 Å². The van der Waals surface area contributed by atoms with Crippen molar-refractivity contribution >= 4 is 0 Å². The minimum atomic E-state index is 1.32. The molecule has 0 spiro atoms. The predicted molar refractivity (Wildman–Crippen MR) is 85.6 cm³/mol. The highest BCUT2D eigenvalue weighted by atomic mass is 14.3. The first-order valence-corrected chi connectivity index (χ1v) is 8.77. The molecule has 0 amide bonds. The lowest BCUT2D eigenvalue weighted by atomic mass is 9.92. The van der Waals surface area contributed by atoms with E-state index in [1.54, 1.807) is 33.4 Å². The number of hydrogen-bond acceptors (Lipinski definition) is 0. The van der Waals surface area contributed by atoms with Crippen molar-refractivity contribution in [1.82, 2.24) is 0 Å². The molecular weight excluding hydrogens is 240 g/mol. The first-order valence-electron chi connectivity index (χ1n) is 8.77. The Morgan fingerprint density at radius 3 is 1.30 bits per heavy atom. The molecule has 4 aliphatic carbocycles. The van der Waals surface area contributed by atoms with Crippen molar-refractivity contribution < 1.29 is 0 Å². The smallest absolute Gasteiger partial charge is 0.0270 e. The van der Waals surface area contributed by atoms with Gasteiger partial charge < -0.3 is 0 Å². The van der Waals surface area contributed by atoms with Crippen LogP contribution in [-0.4, -0.2) is 0 Å². The van der Waals surface area contributed by atoms with Gasteiger partial charge in [-0.15, -0.1) is 0 Å². The molecule has 0 saturated carbocycles. The van der Waals surface area contributed by atoms with Crippen molar-refractivity contribution in [2.45, 2.75) is 77.0 Å². The molecule has 0 heteroatoms. The van der Waals surface area contributed by atoms with Crippen LogP contribution in [0.4, 0.5) is 0 Å². The molecule has 0 atom stereocenters. The van der Waals surface area contributed by atoms with Crippen LogP contribution in [0.15, 0.2) is 45.6 Å². The van der Waals surface area contributed by atoms with Gasteiger partial charge in [0.25, 0.3) is 0 Å². The largest absolute Gasteiger partial charge is 0.0810 e. The van der Waals surface area contributed by atoms with E-state index in [2.05, 4.69) is 12.2 Å². The SMILES string of the molecule is C1=C(C2=C(C3=C(C4=CCCC4)CCC3)CCC2)CCC1. The molecule has 0 fully saturated rings. The summed E-state index contributed by atoms with van der Waals surface area (Å²) in [7, 11) is 0. The maximum Gasteiger partial charge on any atom is -0.0270 e. The van der Waals surface area contributed by atoms with Gasteiger partial charge in [-0.3, -0.25) is 0 Å². The molecule has 0 unspecified atom stereocenters. The van der Waals surface area contributed by atoms with Crippen LogP contribution in [0.1, 0.15) is 77.0 Å². The fourth-order valence-electron chi connectivity index (χ4n) is 4.75. The van der Waals surface area contributed by atoms with Crippen LogP contribution in [0.25, 0.3) is 0 Å². The minimum Gasteiger partial charge on any atom is -0.0810 e. The zero-order valence-electron chi connectivity index (χ0n) is 12.6. The highest BCUT2D eigenvalue weighted by Gasteiger charge is 2.27. The van der Waals surface area contributed by atoms with Crippen molar-refractivity contribution in [2.75, 3.05) is 0 Å². The van der Waals surface area contributed by atoms with Crippen LogP contribution in [-0.2, 0) is 0 Å². The van der Waals surface area contributed by atoms with Gasteiger partial charge >= 0.3 is 0 Å². The maximum atomic E-state index is 2.53. The highest BCUT2D eigenvalue weighted by Crippen LogP contribution is 2.46. The lowest BCUT2D eigenvalue weighted by molar-refractivity contribution is 0.866. The van der Waals surface area contributed by atoms with Gasteiger partial charge in [0.15, 0.2) is 0 Å². The van der Waals surface area contributed by atoms with Gasteiger partial charge in [0.05, 0.1) is 0 Å². The van der Waals surface area contributed by atoms with Crippen molar-refractivity contribution in [3.63, 3.8) is 0 Å². The Labute approximate surface area is 123 Å². The van der Waals surface area contributed by atoms with Crippen LogP contribution in [0.3, 0.4) is 0 Å². The van der Waals surface area contributed by atoms with E-state index in [0.29, 0.717) is 0 Å². The summed E-state index contributed by atoms with van der Waals surface area (Å²) in [6.07, 6.45) is 21.4. The number of rotatable bonds is 3. The third kappa shape index (κ3) is 2.14. The van der Waals surface area contributed by atoms with Crippen molar-refractivity contribution in [3.05, 3.63) is 45.6 Å². The molecule has 4 rings (SSSR count). The second-order valence-corrected chi connectivity index (χ2v) is 6.86. The van der Waals surface area contributed by atoms with Gasteiger partial charge in [-0.25, -0.2) is 0 Å². The molecule has 0 nitrogen and oxygen atoms in total. The molecule has 0 heterocycles. The van der Waals surface area contributed by atoms with Crippen molar-refractivity contribution in [2.24, 2.45) is 0 Å². The van der Waals surface area contributed by atoms with E-state index < -0.39 is 0 Å². The summed E-state index contributed by atoms with van der Waals surface area (Å²) in [4.78, 5) is 0. The Balaban J connectivity index is 1.74. The average Bonchev–Trinajstić information content (AvgIpc) is 3.23. The standard InChI is InChI=1S/C20H26/c1-2-8-15(7-1)17-11-5-13-19(17)20-14-6-12-18(20)16-9-3-4-10-16/h7,9H,1-6,8,10-14H2. The van der Waals surface area contributed by atoms with Gasteiger partial charge in [0.2, 0.25) is 0 Å². The van der Waals surface area contributed by atoms with Gasteiger partial charge in [-0.1, -0.05) is 12.2 Å². The third-order valence-electron chi connectivity index (χ3n) is 5.66. The summed E-state index contributed by atoms with van der Waals surface area (Å²) in [5.74, 6) is 0. The molecule has 0 aliphatic heterocycles. The topological polar surface area (TPSA) is 0 Å². The van der Waals surface area contributed by atoms with Crippen LogP contribution >= 0.6 is 0 Å². The molecule has 0 N–H and O–H groups in total. The van der Waals surface area contributed by atoms with E-state index >= 15 is 0 Å². The van der Waals surface area contributed by atoms with E-state index in [0.717, 1.165) is 0 Å². The van der Waals surface area contributed by atoms with Gasteiger partial charge in [-0.05, 0) is 110 Å². The molecule has 20 heavy (non-hydrogen) atoms. The molecule has 4 aliphatic rings. The third-order valence-corrected chi connectivity index (χ3v) is 5.66. The average molecular weight is 266 g/mol. The van der Waals surface area contributed by atoms with E-state index in [4.69, 9.17) is 0 Å². The fourth-order valence-corrected chi connectivity index (χ4v) is 4.75. The fraction of sp³-hybridized carbons (Fsp3) is 0.600. The monoisotopic (exact) mass is 266 g/mol. The number of allylic oxidation sites excluding steroid dienone is 8. The lowest BCUT2D eigenvalue weighted by Gasteiger charge is -2.14.